The van der Waals surface area contributed by atoms with Crippen LogP contribution in [0.25, 0.3) is 10.9 Å². The minimum absolute atomic E-state index is 0.0743. The van der Waals surface area contributed by atoms with Gasteiger partial charge >= 0.3 is 0 Å². The van der Waals surface area contributed by atoms with Crippen molar-refractivity contribution in [3.63, 3.8) is 0 Å². The first-order chi connectivity index (χ1) is 17.5. The van der Waals surface area contributed by atoms with Crippen LogP contribution in [-0.4, -0.2) is 52.3 Å². The molecule has 2 heterocycles. The molecule has 3 aromatic carbocycles. The zero-order valence-electron chi connectivity index (χ0n) is 20.6. The number of carbonyl (C=O) groups is 1. The van der Waals surface area contributed by atoms with Gasteiger partial charge in [0.15, 0.2) is 5.16 Å². The number of amides is 1. The fourth-order valence-corrected chi connectivity index (χ4v) is 5.68. The van der Waals surface area contributed by atoms with Gasteiger partial charge in [-0.05, 0) is 49.2 Å². The zero-order valence-corrected chi connectivity index (χ0v) is 21.4. The average Bonchev–Trinajstić information content (AvgIpc) is 2.92. The molecule has 7 heteroatoms. The topological polar surface area (TPSA) is 58.4 Å². The molecule has 5 rings (SSSR count). The zero-order chi connectivity index (χ0) is 25.1. The molecule has 1 aliphatic heterocycles. The summed E-state index contributed by atoms with van der Waals surface area (Å²) < 4.78 is 1.73. The number of nitrogens with zero attached hydrogens (tertiary/aromatic N) is 4. The number of thioether (sulfide) groups is 1. The van der Waals surface area contributed by atoms with Crippen molar-refractivity contribution in [3.8, 4) is 0 Å². The number of carbonyl (C=O) groups excluding carboxylic acids is 1. The van der Waals surface area contributed by atoms with Gasteiger partial charge in [0, 0.05) is 31.9 Å². The lowest BCUT2D eigenvalue weighted by molar-refractivity contribution is -0.128. The summed E-state index contributed by atoms with van der Waals surface area (Å²) in [5.41, 5.74) is 4.04. The van der Waals surface area contributed by atoms with Gasteiger partial charge in [-0.2, -0.15) is 0 Å². The van der Waals surface area contributed by atoms with Crippen molar-refractivity contribution < 1.29 is 4.79 Å². The number of aromatic nitrogens is 2. The number of fused-ring (bicyclic) bond motifs is 1. The molecule has 0 aliphatic carbocycles. The molecule has 4 aromatic rings. The number of benzene rings is 3. The second kappa shape index (κ2) is 10.6. The van der Waals surface area contributed by atoms with Crippen LogP contribution in [0.3, 0.4) is 0 Å². The Morgan fingerprint density at radius 2 is 1.67 bits per heavy atom. The number of hydrogen-bond acceptors (Lipinski definition) is 5. The molecule has 0 N–H and O–H groups in total. The van der Waals surface area contributed by atoms with E-state index in [0.29, 0.717) is 29.1 Å². The molecule has 0 saturated carbocycles. The molecule has 1 fully saturated rings. The van der Waals surface area contributed by atoms with E-state index in [1.54, 1.807) is 4.57 Å². The maximum Gasteiger partial charge on any atom is 0.262 e. The summed E-state index contributed by atoms with van der Waals surface area (Å²) in [5, 5.41) is 1.16. The third-order valence-electron chi connectivity index (χ3n) is 6.77. The van der Waals surface area contributed by atoms with E-state index in [9.17, 15) is 9.59 Å². The van der Waals surface area contributed by atoms with Crippen LogP contribution in [0, 0.1) is 6.92 Å². The third-order valence-corrected chi connectivity index (χ3v) is 7.71. The highest BCUT2D eigenvalue weighted by atomic mass is 32.2. The lowest BCUT2D eigenvalue weighted by atomic mass is 10.1. The van der Waals surface area contributed by atoms with Gasteiger partial charge in [0.2, 0.25) is 5.91 Å². The van der Waals surface area contributed by atoms with E-state index in [-0.39, 0.29) is 23.3 Å². The second-order valence-electron chi connectivity index (χ2n) is 9.17. The average molecular weight is 499 g/mol. The van der Waals surface area contributed by atoms with E-state index in [2.05, 4.69) is 36.1 Å². The molecule has 0 spiro atoms. The molecule has 1 aromatic heterocycles. The monoisotopic (exact) mass is 498 g/mol. The summed E-state index contributed by atoms with van der Waals surface area (Å²) in [7, 11) is 0. The number of anilines is 1. The van der Waals surface area contributed by atoms with Crippen LogP contribution in [0.2, 0.25) is 0 Å². The van der Waals surface area contributed by atoms with Gasteiger partial charge in [0.05, 0.1) is 22.7 Å². The van der Waals surface area contributed by atoms with E-state index in [1.807, 2.05) is 66.4 Å². The molecule has 1 saturated heterocycles. The summed E-state index contributed by atoms with van der Waals surface area (Å²) in [4.78, 5) is 35.7. The Morgan fingerprint density at radius 1 is 0.944 bits per heavy atom. The smallest absolute Gasteiger partial charge is 0.262 e. The SMILES string of the molecule is Cc1cccc(N2CCN(C(=O)CSc3nc4ccccc4c(=O)n3C(C)c3ccccc3)CC2)c1. The second-order valence-corrected chi connectivity index (χ2v) is 10.1. The molecule has 1 atom stereocenters. The van der Waals surface area contributed by atoms with Crippen LogP contribution in [0.4, 0.5) is 5.69 Å². The molecular formula is C29H30N4O2S. The van der Waals surface area contributed by atoms with Crippen LogP contribution in [0.5, 0.6) is 0 Å². The van der Waals surface area contributed by atoms with E-state index in [1.165, 1.54) is 23.0 Å². The fourth-order valence-electron chi connectivity index (χ4n) is 4.71. The van der Waals surface area contributed by atoms with E-state index in [4.69, 9.17) is 4.98 Å². The molecule has 1 aliphatic rings. The summed E-state index contributed by atoms with van der Waals surface area (Å²) >= 11 is 1.35. The number of para-hydroxylation sites is 1. The molecule has 0 bridgehead atoms. The van der Waals surface area contributed by atoms with Crippen LogP contribution in [0.1, 0.15) is 24.1 Å². The molecule has 1 unspecified atom stereocenters. The van der Waals surface area contributed by atoms with Gasteiger partial charge in [0.1, 0.15) is 0 Å². The normalized spacial score (nSPS) is 14.7. The highest BCUT2D eigenvalue weighted by Crippen LogP contribution is 2.25. The van der Waals surface area contributed by atoms with Crippen LogP contribution in [0.15, 0.2) is 88.8 Å². The van der Waals surface area contributed by atoms with Gasteiger partial charge in [0.25, 0.3) is 5.56 Å². The van der Waals surface area contributed by atoms with E-state index in [0.717, 1.165) is 18.7 Å². The van der Waals surface area contributed by atoms with Crippen molar-refractivity contribution >= 4 is 34.3 Å². The Balaban J connectivity index is 1.33. The molecule has 36 heavy (non-hydrogen) atoms. The van der Waals surface area contributed by atoms with Crippen molar-refractivity contribution in [1.29, 1.82) is 0 Å². The van der Waals surface area contributed by atoms with E-state index < -0.39 is 0 Å². The van der Waals surface area contributed by atoms with Gasteiger partial charge in [-0.25, -0.2) is 4.98 Å². The molecule has 0 radical (unpaired) electrons. The maximum atomic E-state index is 13.5. The Labute approximate surface area is 215 Å². The highest BCUT2D eigenvalue weighted by molar-refractivity contribution is 7.99. The first-order valence-corrected chi connectivity index (χ1v) is 13.3. The largest absolute Gasteiger partial charge is 0.368 e. The molecular weight excluding hydrogens is 468 g/mol. The number of hydrogen-bond donors (Lipinski definition) is 0. The lowest BCUT2D eigenvalue weighted by Crippen LogP contribution is -2.49. The summed E-state index contributed by atoms with van der Waals surface area (Å²) in [5.74, 6) is 0.321. The van der Waals surface area contributed by atoms with Crippen LogP contribution in [-0.2, 0) is 4.79 Å². The van der Waals surface area contributed by atoms with Gasteiger partial charge < -0.3 is 9.80 Å². The van der Waals surface area contributed by atoms with Gasteiger partial charge in [-0.15, -0.1) is 0 Å². The minimum Gasteiger partial charge on any atom is -0.368 e. The van der Waals surface area contributed by atoms with Crippen LogP contribution >= 0.6 is 11.8 Å². The van der Waals surface area contributed by atoms with Gasteiger partial charge in [-0.1, -0.05) is 66.4 Å². The van der Waals surface area contributed by atoms with Gasteiger partial charge in [-0.3, -0.25) is 14.2 Å². The number of piperazine rings is 1. The lowest BCUT2D eigenvalue weighted by Gasteiger charge is -2.36. The Bertz CT molecular complexity index is 1430. The van der Waals surface area contributed by atoms with Crippen molar-refractivity contribution in [1.82, 2.24) is 14.5 Å². The summed E-state index contributed by atoms with van der Waals surface area (Å²) in [6, 6.07) is 25.6. The Hall–Kier alpha value is -3.58. The van der Waals surface area contributed by atoms with Crippen molar-refractivity contribution in [2.75, 3.05) is 36.8 Å². The molecule has 1 amide bonds. The predicted octanol–water partition coefficient (Wildman–Crippen LogP) is 4.76. The van der Waals surface area contributed by atoms with E-state index >= 15 is 0 Å². The Morgan fingerprint density at radius 3 is 2.42 bits per heavy atom. The van der Waals surface area contributed by atoms with Crippen molar-refractivity contribution in [2.24, 2.45) is 0 Å². The number of aryl methyl sites for hydroxylation is 1. The molecule has 6 nitrogen and oxygen atoms in total. The fraction of sp³-hybridized carbons (Fsp3) is 0.276. The summed E-state index contributed by atoms with van der Waals surface area (Å²) in [6.45, 7) is 7.09. The first-order valence-electron chi connectivity index (χ1n) is 12.3. The number of rotatable bonds is 6. The third kappa shape index (κ3) is 5.02. The highest BCUT2D eigenvalue weighted by Gasteiger charge is 2.23. The standard InChI is InChI=1S/C29H30N4O2S/c1-21-9-8-12-24(19-21)31-15-17-32(18-16-31)27(34)20-36-29-30-26-14-7-6-13-25(26)28(35)33(29)22(2)23-10-4-3-5-11-23/h3-14,19,22H,15-18,20H2,1-2H3. The summed E-state index contributed by atoms with van der Waals surface area (Å²) in [6.07, 6.45) is 0. The van der Waals surface area contributed by atoms with Crippen molar-refractivity contribution in [2.45, 2.75) is 25.0 Å². The maximum absolute atomic E-state index is 13.5. The first kappa shape index (κ1) is 24.1. The van der Waals surface area contributed by atoms with Crippen LogP contribution < -0.4 is 10.5 Å². The predicted molar refractivity (Wildman–Crippen MR) is 147 cm³/mol. The Kier molecular flexibility index (Phi) is 7.09. The minimum atomic E-state index is -0.203. The molecule has 184 valence electrons. The van der Waals surface area contributed by atoms with Crippen molar-refractivity contribution in [3.05, 3.63) is 100 Å². The quantitative estimate of drug-likeness (QED) is 0.284.